The molecule has 1 amide bonds. The van der Waals surface area contributed by atoms with Crippen LogP contribution in [0.2, 0.25) is 0 Å². The van der Waals surface area contributed by atoms with Gasteiger partial charge in [0.2, 0.25) is 0 Å². The van der Waals surface area contributed by atoms with Gasteiger partial charge < -0.3 is 14.8 Å². The van der Waals surface area contributed by atoms with Gasteiger partial charge in [0.05, 0.1) is 0 Å². The van der Waals surface area contributed by atoms with Crippen LogP contribution in [0.15, 0.2) is 30.3 Å². The predicted octanol–water partition coefficient (Wildman–Crippen LogP) is 0.681. The van der Waals surface area contributed by atoms with Gasteiger partial charge in [0.15, 0.2) is 0 Å². The minimum Gasteiger partial charge on any atom is -0.520 e. The quantitative estimate of drug-likeness (QED) is 0.517. The topological polar surface area (TPSA) is 57.6 Å². The van der Waals surface area contributed by atoms with E-state index in [4.69, 9.17) is 5.11 Å². The van der Waals surface area contributed by atoms with Crippen LogP contribution in [0.1, 0.15) is 5.56 Å². The minimum atomic E-state index is -1.02. The van der Waals surface area contributed by atoms with E-state index in [1.807, 2.05) is 30.3 Å². The molecule has 1 atom stereocenters. The zero-order valence-corrected chi connectivity index (χ0v) is 11.1. The molecular weight excluding hydrogens is 451 g/mol. The van der Waals surface area contributed by atoms with Gasteiger partial charge in [-0.3, -0.25) is 4.79 Å². The van der Waals surface area contributed by atoms with Gasteiger partial charge >= 0.3 is 5.97 Å². The molecule has 5 heteroatoms. The van der Waals surface area contributed by atoms with Crippen LogP contribution < -0.4 is 0 Å². The summed E-state index contributed by atoms with van der Waals surface area (Å²) in [5.41, 5.74) is 0.881. The first kappa shape index (κ1) is 13.2. The Labute approximate surface area is 88.1 Å². The van der Waals surface area contributed by atoms with Gasteiger partial charge in [-0.1, -0.05) is 30.3 Å². The number of hydrogen-bond acceptors (Lipinski definition) is 2. The van der Waals surface area contributed by atoms with E-state index in [0.29, 0.717) is 6.42 Å². The molecular formula is C11H12FmNO3-. The summed E-state index contributed by atoms with van der Waals surface area (Å²) in [5.74, 6) is -1.02. The number of amides is 1. The maximum atomic E-state index is 10.9. The Kier molecular flexibility index (Phi) is 4.77. The Morgan fingerprint density at radius 2 is 2.00 bits per heavy atom. The number of carboxylic acid groups (broad SMARTS) is 1. The number of carboxylic acids is 1. The van der Waals surface area contributed by atoms with Crippen LogP contribution >= 0.6 is 0 Å². The summed E-state index contributed by atoms with van der Waals surface area (Å²) in [6, 6.07) is 8.32. The molecule has 4 nitrogen and oxygen atoms in total. The number of rotatable bonds is 5. The Hall–Kier alpha value is -2.84. The third-order valence-electron chi connectivity index (χ3n) is 2.17. The van der Waals surface area contributed by atoms with E-state index in [1.165, 1.54) is 7.05 Å². The maximum absolute atomic E-state index is 10.9. The van der Waals surface area contributed by atoms with Crippen LogP contribution in [0.3, 0.4) is 0 Å². The second-order valence-corrected chi connectivity index (χ2v) is 3.25. The largest absolute Gasteiger partial charge is 0.520 e. The maximum Gasteiger partial charge on any atom is 0.324 e. The molecule has 0 aliphatic heterocycles. The minimum absolute atomic E-state index is 0. The SMILES string of the molecule is CN([C-]=O)C(Cc1ccccc1)C(=O)O.[Fm]. The molecule has 0 saturated heterocycles. The van der Waals surface area contributed by atoms with Gasteiger partial charge in [0.25, 0.3) is 0 Å². The zero-order chi connectivity index (χ0) is 11.3. The third-order valence-corrected chi connectivity index (χ3v) is 2.17. The number of nitrogens with zero attached hydrogens (tertiary/aromatic N) is 1. The first-order valence-electron chi connectivity index (χ1n) is 4.52. The molecule has 92 valence electrons. The van der Waals surface area contributed by atoms with Crippen LogP contribution in [0.4, 0.5) is 0 Å². The summed E-state index contributed by atoms with van der Waals surface area (Å²) in [6.07, 6.45) is 1.86. The number of hydrogen-bond donors (Lipinski definition) is 1. The van der Waals surface area contributed by atoms with E-state index in [2.05, 4.69) is 0 Å². The molecule has 16 heavy (non-hydrogen) atoms. The van der Waals surface area contributed by atoms with Gasteiger partial charge in [0.1, 0.15) is 6.04 Å². The van der Waals surface area contributed by atoms with Gasteiger partial charge in [-0.05, 0) is 12.6 Å². The molecule has 1 unspecified atom stereocenters. The first-order valence-corrected chi connectivity index (χ1v) is 4.52. The fourth-order valence-electron chi connectivity index (χ4n) is 1.29. The van der Waals surface area contributed by atoms with E-state index in [-0.39, 0.29) is 0 Å². The number of aliphatic carboxylic acids is 1. The van der Waals surface area contributed by atoms with Gasteiger partial charge in [-0.15, -0.1) is 0 Å². The van der Waals surface area contributed by atoms with Crippen LogP contribution in [0, 0.1) is 0 Å². The Morgan fingerprint density at radius 3 is 2.44 bits per heavy atom. The normalized spacial score (nSPS) is 11.1. The zero-order valence-electron chi connectivity index (χ0n) is 8.67. The fraction of sp³-hybridized carbons (Fsp3) is 0.273. The molecule has 0 bridgehead atoms. The predicted molar refractivity (Wildman–Crippen MR) is 55.0 cm³/mol. The van der Waals surface area contributed by atoms with Crippen molar-refractivity contribution < 1.29 is 14.7 Å². The number of likely N-dealkylation sites (N-methyl/N-ethyl adjacent to an activating group) is 1. The number of carbonyl (C=O) groups is 1. The summed E-state index contributed by atoms with van der Waals surface area (Å²) >= 11 is 0. The average Bonchev–Trinajstić information content (AvgIpc) is 2.26. The fourth-order valence-corrected chi connectivity index (χ4v) is 1.29. The summed E-state index contributed by atoms with van der Waals surface area (Å²) in [7, 11) is 1.41. The van der Waals surface area contributed by atoms with E-state index >= 15 is 0 Å². The molecule has 1 N–H and O–H groups in total. The molecule has 0 saturated carbocycles. The van der Waals surface area contributed by atoms with Crippen molar-refractivity contribution in [2.45, 2.75) is 12.5 Å². The van der Waals surface area contributed by atoms with Crippen molar-refractivity contribution >= 4 is 12.4 Å². The smallest absolute Gasteiger partial charge is 0.324 e. The monoisotopic (exact) mass is 463 g/mol. The molecule has 1 aromatic carbocycles. The second-order valence-electron chi connectivity index (χ2n) is 3.25. The molecule has 0 radical (unpaired) electrons. The van der Waals surface area contributed by atoms with Crippen molar-refractivity contribution in [2.24, 2.45) is 0 Å². The summed E-state index contributed by atoms with van der Waals surface area (Å²) in [5, 5.41) is 8.92. The van der Waals surface area contributed by atoms with Crippen molar-refractivity contribution in [2.75, 3.05) is 7.05 Å². The summed E-state index contributed by atoms with van der Waals surface area (Å²) < 4.78 is 0. The Bertz CT molecular complexity index is 342. The molecule has 0 aromatic heterocycles. The van der Waals surface area contributed by atoms with E-state index in [1.54, 1.807) is 6.41 Å². The number of benzene rings is 1. The van der Waals surface area contributed by atoms with E-state index in [0.717, 1.165) is 10.5 Å². The second kappa shape index (κ2) is 5.80. The van der Waals surface area contributed by atoms with Crippen LogP contribution in [0.25, 0.3) is 0 Å². The van der Waals surface area contributed by atoms with Gasteiger partial charge in [0, 0.05) is 6.42 Å². The standard InChI is InChI=1S/C11H12NO3.Fm/c1-12(8-13)10(11(14)15)7-9-5-3-2-4-6-9;/h2-6,10H,7H2,1H3,(H,14,15);/q-1;. The first-order chi connectivity index (χ1) is 7.15. The molecule has 0 spiro atoms. The van der Waals surface area contributed by atoms with E-state index < -0.39 is 12.0 Å². The molecule has 0 heterocycles. The molecule has 1 rings (SSSR count). The number of carbonyl (C=O) groups excluding carboxylic acids is 1. The molecule has 0 aliphatic carbocycles. The van der Waals surface area contributed by atoms with Crippen molar-refractivity contribution in [1.29, 1.82) is 0 Å². The Balaban J connectivity index is 0.00000225. The van der Waals surface area contributed by atoms with Crippen molar-refractivity contribution in [1.82, 2.24) is 4.90 Å². The molecule has 1 aromatic rings. The Morgan fingerprint density at radius 1 is 1.44 bits per heavy atom. The summed E-state index contributed by atoms with van der Waals surface area (Å²) in [4.78, 5) is 22.3. The van der Waals surface area contributed by atoms with Crippen LogP contribution in [-0.2, 0) is 16.0 Å². The molecule has 0 aliphatic rings. The van der Waals surface area contributed by atoms with Crippen LogP contribution in [-0.4, -0.2) is 35.5 Å². The van der Waals surface area contributed by atoms with Crippen LogP contribution in [0.5, 0.6) is 0 Å². The average molecular weight is 463 g/mol. The van der Waals surface area contributed by atoms with Crippen molar-refractivity contribution in [3.8, 4) is 0 Å². The summed E-state index contributed by atoms with van der Waals surface area (Å²) in [6.45, 7) is 0. The van der Waals surface area contributed by atoms with Crippen molar-refractivity contribution in [3.63, 3.8) is 0 Å². The molecule has 0 fully saturated rings. The van der Waals surface area contributed by atoms with E-state index in [9.17, 15) is 9.59 Å². The van der Waals surface area contributed by atoms with Crippen molar-refractivity contribution in [3.05, 3.63) is 35.9 Å². The van der Waals surface area contributed by atoms with Gasteiger partial charge in [-0.25, -0.2) is 0 Å². The third kappa shape index (κ3) is 3.14. The van der Waals surface area contributed by atoms with Gasteiger partial charge in [-0.2, -0.15) is 6.41 Å².